The van der Waals surface area contributed by atoms with Crippen LogP contribution in [-0.2, 0) is 26.6 Å². The lowest BCUT2D eigenvalue weighted by atomic mass is 10.0. The fraction of sp³-hybridized carbons (Fsp3) is 0.389. The van der Waals surface area contributed by atoms with Crippen LogP contribution >= 0.6 is 0 Å². The Morgan fingerprint density at radius 3 is 3.04 bits per heavy atom. The molecule has 1 aromatic carbocycles. The van der Waals surface area contributed by atoms with Crippen LogP contribution in [-0.4, -0.2) is 30.6 Å². The highest BCUT2D eigenvalue weighted by atomic mass is 15.4. The van der Waals surface area contributed by atoms with Gasteiger partial charge < -0.3 is 5.32 Å². The van der Waals surface area contributed by atoms with Crippen LogP contribution in [0, 0.1) is 6.92 Å². The maximum absolute atomic E-state index is 4.47. The molecule has 1 aliphatic rings. The molecule has 1 atom stereocenters. The average Bonchev–Trinajstić information content (AvgIpc) is 3.17. The van der Waals surface area contributed by atoms with Crippen LogP contribution in [0.4, 0.5) is 0 Å². The van der Waals surface area contributed by atoms with Crippen LogP contribution in [0.15, 0.2) is 36.7 Å². The third-order valence-electron chi connectivity index (χ3n) is 4.52. The maximum atomic E-state index is 4.47. The van der Waals surface area contributed by atoms with Crippen LogP contribution in [0.3, 0.4) is 0 Å². The second kappa shape index (κ2) is 6.20. The molecular formula is C18H22N6. The summed E-state index contributed by atoms with van der Waals surface area (Å²) < 4.78 is 3.88. The molecule has 0 aliphatic carbocycles. The molecule has 1 N–H and O–H groups in total. The largest absolute Gasteiger partial charge is 0.308 e. The molecule has 0 amide bonds. The topological polar surface area (TPSA) is 60.6 Å². The minimum absolute atomic E-state index is 0.445. The van der Waals surface area contributed by atoms with E-state index in [1.807, 2.05) is 35.7 Å². The molecule has 1 unspecified atom stereocenters. The van der Waals surface area contributed by atoms with E-state index < -0.39 is 0 Å². The Bertz CT molecular complexity index is 847. The number of nitrogens with one attached hydrogen (secondary N) is 1. The molecular weight excluding hydrogens is 300 g/mol. The predicted octanol–water partition coefficient (Wildman–Crippen LogP) is 2.09. The highest BCUT2D eigenvalue weighted by molar-refractivity contribution is 5.62. The lowest BCUT2D eigenvalue weighted by Crippen LogP contribution is -2.37. The molecule has 0 saturated heterocycles. The summed E-state index contributed by atoms with van der Waals surface area (Å²) in [5.74, 6) is 1.99. The molecule has 0 radical (unpaired) electrons. The number of aryl methyl sites for hydroxylation is 3. The summed E-state index contributed by atoms with van der Waals surface area (Å²) in [4.78, 5) is 4.47. The zero-order chi connectivity index (χ0) is 16.5. The Labute approximate surface area is 141 Å². The van der Waals surface area contributed by atoms with Crippen molar-refractivity contribution in [1.29, 1.82) is 0 Å². The first-order valence-electron chi connectivity index (χ1n) is 8.39. The molecule has 6 nitrogen and oxygen atoms in total. The molecule has 124 valence electrons. The Balaban J connectivity index is 1.41. The highest BCUT2D eigenvalue weighted by Gasteiger charge is 2.20. The first-order chi connectivity index (χ1) is 11.7. The van der Waals surface area contributed by atoms with Crippen LogP contribution in [0.2, 0.25) is 0 Å². The third-order valence-corrected chi connectivity index (χ3v) is 4.52. The van der Waals surface area contributed by atoms with E-state index in [2.05, 4.69) is 44.8 Å². The fourth-order valence-corrected chi connectivity index (χ4v) is 3.29. The average molecular weight is 322 g/mol. The monoisotopic (exact) mass is 322 g/mol. The van der Waals surface area contributed by atoms with Crippen molar-refractivity contribution in [3.8, 4) is 11.1 Å². The number of aromatic nitrogens is 5. The van der Waals surface area contributed by atoms with E-state index in [-0.39, 0.29) is 0 Å². The zero-order valence-electron chi connectivity index (χ0n) is 14.1. The maximum Gasteiger partial charge on any atom is 0.147 e. The van der Waals surface area contributed by atoms with Gasteiger partial charge in [0.05, 0.1) is 12.7 Å². The van der Waals surface area contributed by atoms with Crippen molar-refractivity contribution in [2.75, 3.05) is 0 Å². The summed E-state index contributed by atoms with van der Waals surface area (Å²) >= 11 is 0. The molecule has 4 rings (SSSR count). The molecule has 1 aliphatic heterocycles. The summed E-state index contributed by atoms with van der Waals surface area (Å²) in [5.41, 5.74) is 3.65. The molecule has 2 aromatic heterocycles. The van der Waals surface area contributed by atoms with Gasteiger partial charge in [-0.15, -0.1) is 0 Å². The normalized spacial score (nSPS) is 17.0. The van der Waals surface area contributed by atoms with Crippen molar-refractivity contribution in [3.63, 3.8) is 0 Å². The van der Waals surface area contributed by atoms with E-state index >= 15 is 0 Å². The molecule has 0 bridgehead atoms. The molecule has 3 aromatic rings. The van der Waals surface area contributed by atoms with Gasteiger partial charge in [0.15, 0.2) is 0 Å². The quantitative estimate of drug-likeness (QED) is 0.799. The second-order valence-electron chi connectivity index (χ2n) is 6.48. The Morgan fingerprint density at radius 2 is 2.21 bits per heavy atom. The van der Waals surface area contributed by atoms with Gasteiger partial charge in [0.25, 0.3) is 0 Å². The standard InChI is InChI=1S/C18H22N6/c1-13-21-18-7-6-17(12-24(18)22-13)19-9-14-4-3-5-15(8-14)16-10-20-23(2)11-16/h3-5,8,10-11,17,19H,6-7,9,12H2,1-2H3. The predicted molar refractivity (Wildman–Crippen MR) is 92.4 cm³/mol. The van der Waals surface area contributed by atoms with Crippen molar-refractivity contribution in [3.05, 3.63) is 53.9 Å². The van der Waals surface area contributed by atoms with Gasteiger partial charge in [-0.2, -0.15) is 10.2 Å². The minimum atomic E-state index is 0.445. The Morgan fingerprint density at radius 1 is 1.29 bits per heavy atom. The summed E-state index contributed by atoms with van der Waals surface area (Å²) in [7, 11) is 1.94. The summed E-state index contributed by atoms with van der Waals surface area (Å²) in [5, 5.41) is 12.4. The minimum Gasteiger partial charge on any atom is -0.308 e. The molecule has 0 spiro atoms. The SMILES string of the molecule is Cc1nc2n(n1)CC(NCc1cccc(-c3cnn(C)c3)c1)CC2. The summed E-state index contributed by atoms with van der Waals surface area (Å²) in [6, 6.07) is 9.09. The number of nitrogens with zero attached hydrogens (tertiary/aromatic N) is 5. The number of benzene rings is 1. The van der Waals surface area contributed by atoms with Crippen molar-refractivity contribution in [1.82, 2.24) is 29.9 Å². The lowest BCUT2D eigenvalue weighted by molar-refractivity contribution is 0.357. The van der Waals surface area contributed by atoms with Crippen LogP contribution in [0.5, 0.6) is 0 Å². The van der Waals surface area contributed by atoms with Crippen LogP contribution in [0.25, 0.3) is 11.1 Å². The summed E-state index contributed by atoms with van der Waals surface area (Å²) in [6.45, 7) is 3.72. The van der Waals surface area contributed by atoms with Gasteiger partial charge in [0.1, 0.15) is 11.6 Å². The summed E-state index contributed by atoms with van der Waals surface area (Å²) in [6.07, 6.45) is 6.05. The van der Waals surface area contributed by atoms with E-state index in [9.17, 15) is 0 Å². The van der Waals surface area contributed by atoms with Gasteiger partial charge in [0, 0.05) is 37.8 Å². The van der Waals surface area contributed by atoms with Crippen LogP contribution < -0.4 is 5.32 Å². The van der Waals surface area contributed by atoms with E-state index in [4.69, 9.17) is 0 Å². The first-order valence-corrected chi connectivity index (χ1v) is 8.39. The van der Waals surface area contributed by atoms with Gasteiger partial charge in [-0.1, -0.05) is 18.2 Å². The smallest absolute Gasteiger partial charge is 0.147 e. The third kappa shape index (κ3) is 3.10. The molecule has 24 heavy (non-hydrogen) atoms. The number of fused-ring (bicyclic) bond motifs is 1. The van der Waals surface area contributed by atoms with Gasteiger partial charge in [-0.3, -0.25) is 4.68 Å². The second-order valence-corrected chi connectivity index (χ2v) is 6.48. The fourth-order valence-electron chi connectivity index (χ4n) is 3.29. The van der Waals surface area contributed by atoms with Crippen molar-refractivity contribution in [2.45, 2.75) is 38.9 Å². The van der Waals surface area contributed by atoms with Crippen molar-refractivity contribution in [2.24, 2.45) is 7.05 Å². The van der Waals surface area contributed by atoms with E-state index in [0.29, 0.717) is 6.04 Å². The lowest BCUT2D eigenvalue weighted by Gasteiger charge is -2.23. The van der Waals surface area contributed by atoms with Gasteiger partial charge in [0.2, 0.25) is 0 Å². The zero-order valence-corrected chi connectivity index (χ0v) is 14.1. The Kier molecular flexibility index (Phi) is 3.90. The molecule has 6 heteroatoms. The van der Waals surface area contributed by atoms with E-state index in [0.717, 1.165) is 43.1 Å². The number of hydrogen-bond acceptors (Lipinski definition) is 4. The van der Waals surface area contributed by atoms with E-state index in [1.54, 1.807) is 0 Å². The first kappa shape index (κ1) is 15.1. The van der Waals surface area contributed by atoms with E-state index in [1.165, 1.54) is 11.1 Å². The Hall–Kier alpha value is -2.47. The number of hydrogen-bond donors (Lipinski definition) is 1. The van der Waals surface area contributed by atoms with Crippen molar-refractivity contribution < 1.29 is 0 Å². The number of rotatable bonds is 4. The molecule has 0 saturated carbocycles. The highest BCUT2D eigenvalue weighted by Crippen LogP contribution is 2.20. The van der Waals surface area contributed by atoms with Gasteiger partial charge in [-0.25, -0.2) is 9.67 Å². The molecule has 3 heterocycles. The molecule has 0 fully saturated rings. The van der Waals surface area contributed by atoms with Gasteiger partial charge in [-0.05, 0) is 30.5 Å². The van der Waals surface area contributed by atoms with Crippen LogP contribution in [0.1, 0.15) is 23.6 Å². The van der Waals surface area contributed by atoms with Gasteiger partial charge >= 0.3 is 0 Å². The van der Waals surface area contributed by atoms with Crippen molar-refractivity contribution >= 4 is 0 Å².